The first-order chi connectivity index (χ1) is 9.78. The van der Waals surface area contributed by atoms with Gasteiger partial charge in [0.05, 0.1) is 17.4 Å². The van der Waals surface area contributed by atoms with Gasteiger partial charge in [-0.2, -0.15) is 0 Å². The molecular formula is C15H20N4O. The van der Waals surface area contributed by atoms with E-state index in [1.54, 1.807) is 6.33 Å². The third-order valence-corrected chi connectivity index (χ3v) is 4.05. The molecule has 2 aromatic rings. The highest BCUT2D eigenvalue weighted by Crippen LogP contribution is 2.21. The molecule has 0 radical (unpaired) electrons. The molecule has 3 rings (SSSR count). The molecule has 0 spiro atoms. The number of benzene rings is 1. The van der Waals surface area contributed by atoms with Gasteiger partial charge in [0, 0.05) is 18.7 Å². The number of H-pyrrole nitrogens is 1. The lowest BCUT2D eigenvalue weighted by atomic mass is 9.94. The Morgan fingerprint density at radius 2 is 2.40 bits per heavy atom. The first kappa shape index (κ1) is 13.1. The molecule has 0 saturated carbocycles. The number of hydrogen-bond donors (Lipinski definition) is 2. The molecule has 5 nitrogen and oxygen atoms in total. The number of nitrogens with one attached hydrogen (secondary N) is 1. The fourth-order valence-electron chi connectivity index (χ4n) is 2.97. The number of piperidine rings is 1. The molecule has 3 N–H and O–H groups in total. The van der Waals surface area contributed by atoms with Crippen LogP contribution in [0.4, 0.5) is 0 Å². The van der Waals surface area contributed by atoms with Crippen molar-refractivity contribution in [3.63, 3.8) is 0 Å². The normalized spacial score (nSPS) is 19.4. The van der Waals surface area contributed by atoms with E-state index in [0.29, 0.717) is 12.5 Å². The van der Waals surface area contributed by atoms with E-state index in [-0.39, 0.29) is 5.91 Å². The highest BCUT2D eigenvalue weighted by molar-refractivity contribution is 5.97. The number of aromatic nitrogens is 2. The maximum absolute atomic E-state index is 12.6. The zero-order valence-corrected chi connectivity index (χ0v) is 11.5. The van der Waals surface area contributed by atoms with Crippen molar-refractivity contribution >= 4 is 16.9 Å². The van der Waals surface area contributed by atoms with Gasteiger partial charge in [-0.1, -0.05) is 0 Å². The summed E-state index contributed by atoms with van der Waals surface area (Å²) < 4.78 is 0. The van der Waals surface area contributed by atoms with Crippen molar-refractivity contribution in [2.24, 2.45) is 11.7 Å². The fourth-order valence-corrected chi connectivity index (χ4v) is 2.97. The molecule has 0 bridgehead atoms. The van der Waals surface area contributed by atoms with Crippen molar-refractivity contribution < 1.29 is 4.79 Å². The topological polar surface area (TPSA) is 75.0 Å². The summed E-state index contributed by atoms with van der Waals surface area (Å²) in [5.74, 6) is 0.664. The van der Waals surface area contributed by atoms with Crippen molar-refractivity contribution in [1.82, 2.24) is 14.9 Å². The van der Waals surface area contributed by atoms with Gasteiger partial charge >= 0.3 is 0 Å². The molecule has 1 fully saturated rings. The van der Waals surface area contributed by atoms with E-state index < -0.39 is 0 Å². The molecule has 1 aromatic carbocycles. The van der Waals surface area contributed by atoms with Gasteiger partial charge in [0.25, 0.3) is 5.91 Å². The largest absolute Gasteiger partial charge is 0.345 e. The highest BCUT2D eigenvalue weighted by atomic mass is 16.2. The molecule has 0 aliphatic carbocycles. The summed E-state index contributed by atoms with van der Waals surface area (Å²) in [7, 11) is 0. The second-order valence-corrected chi connectivity index (χ2v) is 5.47. The van der Waals surface area contributed by atoms with Gasteiger partial charge in [-0.25, -0.2) is 4.98 Å². The van der Waals surface area contributed by atoms with Crippen LogP contribution in [-0.2, 0) is 0 Å². The van der Waals surface area contributed by atoms with Crippen LogP contribution >= 0.6 is 0 Å². The van der Waals surface area contributed by atoms with Gasteiger partial charge in [-0.05, 0) is 49.9 Å². The first-order valence-corrected chi connectivity index (χ1v) is 7.20. The minimum Gasteiger partial charge on any atom is -0.345 e. The van der Waals surface area contributed by atoms with Crippen LogP contribution in [0.15, 0.2) is 24.5 Å². The molecule has 1 saturated heterocycles. The molecule has 106 valence electrons. The Morgan fingerprint density at radius 1 is 1.50 bits per heavy atom. The van der Waals surface area contributed by atoms with Crippen molar-refractivity contribution in [2.45, 2.75) is 19.3 Å². The highest BCUT2D eigenvalue weighted by Gasteiger charge is 2.24. The standard InChI is InChI=1S/C15H20N4O/c16-6-5-11-2-1-7-19(9-11)15(20)12-3-4-13-14(8-12)18-10-17-13/h3-4,8,10-11H,1-2,5-7,9,16H2,(H,17,18). The lowest BCUT2D eigenvalue weighted by Crippen LogP contribution is -2.40. The monoisotopic (exact) mass is 272 g/mol. The summed E-state index contributed by atoms with van der Waals surface area (Å²) >= 11 is 0. The fraction of sp³-hybridized carbons (Fsp3) is 0.467. The maximum atomic E-state index is 12.6. The Labute approximate surface area is 118 Å². The Balaban J connectivity index is 1.77. The van der Waals surface area contributed by atoms with Crippen LogP contribution in [0.25, 0.3) is 11.0 Å². The molecule has 1 atom stereocenters. The average Bonchev–Trinajstić information content (AvgIpc) is 2.94. The van der Waals surface area contributed by atoms with Crippen LogP contribution < -0.4 is 5.73 Å². The number of nitrogens with zero attached hydrogens (tertiary/aromatic N) is 2. The van der Waals surface area contributed by atoms with E-state index in [9.17, 15) is 4.79 Å². The third-order valence-electron chi connectivity index (χ3n) is 4.05. The molecule has 20 heavy (non-hydrogen) atoms. The van der Waals surface area contributed by atoms with Gasteiger partial charge in [-0.3, -0.25) is 4.79 Å². The zero-order chi connectivity index (χ0) is 13.9. The van der Waals surface area contributed by atoms with Gasteiger partial charge < -0.3 is 15.6 Å². The summed E-state index contributed by atoms with van der Waals surface area (Å²) in [6.07, 6.45) is 4.91. The number of nitrogens with two attached hydrogens (primary N) is 1. The molecule has 1 amide bonds. The van der Waals surface area contributed by atoms with Crippen molar-refractivity contribution in [3.8, 4) is 0 Å². The van der Waals surface area contributed by atoms with Crippen molar-refractivity contribution in [1.29, 1.82) is 0 Å². The third kappa shape index (κ3) is 2.54. The number of carbonyl (C=O) groups excluding carboxylic acids is 1. The SMILES string of the molecule is NCCC1CCCN(C(=O)c2ccc3nc[nH]c3c2)C1. The van der Waals surface area contributed by atoms with Crippen LogP contribution in [0.2, 0.25) is 0 Å². The second-order valence-electron chi connectivity index (χ2n) is 5.47. The van der Waals surface area contributed by atoms with Crippen LogP contribution in [0.1, 0.15) is 29.6 Å². The maximum Gasteiger partial charge on any atom is 0.253 e. The Hall–Kier alpha value is -1.88. The molecule has 1 unspecified atom stereocenters. The number of imidazole rings is 1. The number of hydrogen-bond acceptors (Lipinski definition) is 3. The number of carbonyl (C=O) groups is 1. The van der Waals surface area contributed by atoms with E-state index in [1.165, 1.54) is 6.42 Å². The van der Waals surface area contributed by atoms with E-state index in [2.05, 4.69) is 9.97 Å². The van der Waals surface area contributed by atoms with Crippen molar-refractivity contribution in [3.05, 3.63) is 30.1 Å². The van der Waals surface area contributed by atoms with Gasteiger partial charge in [0.15, 0.2) is 0 Å². The smallest absolute Gasteiger partial charge is 0.253 e. The minimum absolute atomic E-state index is 0.114. The quantitative estimate of drug-likeness (QED) is 0.894. The summed E-state index contributed by atoms with van der Waals surface area (Å²) in [4.78, 5) is 21.8. The zero-order valence-electron chi connectivity index (χ0n) is 11.5. The lowest BCUT2D eigenvalue weighted by molar-refractivity contribution is 0.0669. The Bertz CT molecular complexity index is 605. The lowest BCUT2D eigenvalue weighted by Gasteiger charge is -2.32. The van der Waals surface area contributed by atoms with Gasteiger partial charge in [0.1, 0.15) is 0 Å². The molecule has 1 aromatic heterocycles. The van der Waals surface area contributed by atoms with Crippen LogP contribution in [-0.4, -0.2) is 40.4 Å². The summed E-state index contributed by atoms with van der Waals surface area (Å²) in [6.45, 7) is 2.38. The van der Waals surface area contributed by atoms with Gasteiger partial charge in [0.2, 0.25) is 0 Å². The number of aromatic amines is 1. The number of likely N-dealkylation sites (tertiary alicyclic amines) is 1. The average molecular weight is 272 g/mol. The van der Waals surface area contributed by atoms with Crippen LogP contribution in [0.3, 0.4) is 0 Å². The first-order valence-electron chi connectivity index (χ1n) is 7.20. The number of amides is 1. The summed E-state index contributed by atoms with van der Waals surface area (Å²) in [5, 5.41) is 0. The Kier molecular flexibility index (Phi) is 3.69. The molecule has 1 aliphatic heterocycles. The van der Waals surface area contributed by atoms with Crippen LogP contribution in [0, 0.1) is 5.92 Å². The molecule has 2 heterocycles. The van der Waals surface area contributed by atoms with E-state index in [1.807, 2.05) is 23.1 Å². The molecule has 1 aliphatic rings. The second kappa shape index (κ2) is 5.63. The molecular weight excluding hydrogens is 252 g/mol. The summed E-state index contributed by atoms with van der Waals surface area (Å²) in [5.41, 5.74) is 8.16. The Morgan fingerprint density at radius 3 is 3.25 bits per heavy atom. The molecule has 5 heteroatoms. The predicted octanol–water partition coefficient (Wildman–Crippen LogP) is 1.76. The van der Waals surface area contributed by atoms with E-state index >= 15 is 0 Å². The van der Waals surface area contributed by atoms with E-state index in [4.69, 9.17) is 5.73 Å². The number of fused-ring (bicyclic) bond motifs is 1. The van der Waals surface area contributed by atoms with Crippen LogP contribution in [0.5, 0.6) is 0 Å². The van der Waals surface area contributed by atoms with E-state index in [0.717, 1.165) is 42.5 Å². The predicted molar refractivity (Wildman–Crippen MR) is 78.4 cm³/mol. The van der Waals surface area contributed by atoms with Crippen molar-refractivity contribution in [2.75, 3.05) is 19.6 Å². The van der Waals surface area contributed by atoms with Gasteiger partial charge in [-0.15, -0.1) is 0 Å². The summed E-state index contributed by atoms with van der Waals surface area (Å²) in [6, 6.07) is 5.63. The minimum atomic E-state index is 0.114. The number of rotatable bonds is 3.